The number of hydrogen-bond acceptors (Lipinski definition) is 2. The van der Waals surface area contributed by atoms with Crippen LogP contribution in [0.4, 0.5) is 0 Å². The summed E-state index contributed by atoms with van der Waals surface area (Å²) < 4.78 is 11.1. The fourth-order valence-corrected chi connectivity index (χ4v) is 3.06. The molecule has 0 N–H and O–H groups in total. The number of aryl methyl sites for hydroxylation is 1. The van der Waals surface area contributed by atoms with Crippen LogP contribution in [0.5, 0.6) is 0 Å². The van der Waals surface area contributed by atoms with Crippen LogP contribution >= 0.6 is 0 Å². The Bertz CT molecular complexity index is 323. The van der Waals surface area contributed by atoms with Gasteiger partial charge in [0, 0.05) is 5.54 Å². The Hall–Kier alpha value is -0.643. The second-order valence-corrected chi connectivity index (χ2v) is 6.06. The second kappa shape index (κ2) is 4.92. The van der Waals surface area contributed by atoms with Crippen molar-refractivity contribution in [1.82, 2.24) is 0 Å². The summed E-state index contributed by atoms with van der Waals surface area (Å²) in [6, 6.07) is 8.45. The molecular formula is C12H18O2Si. The van der Waals surface area contributed by atoms with E-state index in [2.05, 4.69) is 38.1 Å². The van der Waals surface area contributed by atoms with Crippen molar-refractivity contribution >= 4 is 9.76 Å². The highest BCUT2D eigenvalue weighted by molar-refractivity contribution is 6.30. The van der Waals surface area contributed by atoms with Crippen molar-refractivity contribution in [2.75, 3.05) is 13.2 Å². The molecule has 1 atom stereocenters. The van der Waals surface area contributed by atoms with Gasteiger partial charge in [0.05, 0.1) is 19.3 Å². The summed E-state index contributed by atoms with van der Waals surface area (Å²) in [6.45, 7) is 6.14. The van der Waals surface area contributed by atoms with Crippen LogP contribution in [0.3, 0.4) is 0 Å². The third kappa shape index (κ3) is 2.68. The van der Waals surface area contributed by atoms with Crippen molar-refractivity contribution < 1.29 is 9.16 Å². The normalized spacial score (nSPS) is 19.3. The third-order valence-electron chi connectivity index (χ3n) is 2.92. The van der Waals surface area contributed by atoms with Gasteiger partial charge in [0.15, 0.2) is 9.76 Å². The predicted octanol–water partition coefficient (Wildman–Crippen LogP) is 1.98. The van der Waals surface area contributed by atoms with E-state index >= 15 is 0 Å². The SMILES string of the molecule is Cc1ccccc1C(C)O[SiH2]C1COC1. The zero-order chi connectivity index (χ0) is 10.7. The van der Waals surface area contributed by atoms with Gasteiger partial charge in [-0.15, -0.1) is 0 Å². The van der Waals surface area contributed by atoms with E-state index in [9.17, 15) is 0 Å². The van der Waals surface area contributed by atoms with Crippen LogP contribution in [-0.2, 0) is 9.16 Å². The molecule has 1 aliphatic rings. The highest BCUT2D eigenvalue weighted by atomic mass is 28.2. The fraction of sp³-hybridized carbons (Fsp3) is 0.500. The number of rotatable bonds is 4. The van der Waals surface area contributed by atoms with Gasteiger partial charge in [0.25, 0.3) is 0 Å². The maximum atomic E-state index is 5.97. The molecular weight excluding hydrogens is 204 g/mol. The first kappa shape index (κ1) is 10.9. The summed E-state index contributed by atoms with van der Waals surface area (Å²) in [5, 5.41) is 0. The van der Waals surface area contributed by atoms with Crippen LogP contribution in [-0.4, -0.2) is 23.0 Å². The zero-order valence-corrected chi connectivity index (χ0v) is 10.8. The molecule has 1 aromatic carbocycles. The van der Waals surface area contributed by atoms with Crippen LogP contribution in [0.25, 0.3) is 0 Å². The summed E-state index contributed by atoms with van der Waals surface area (Å²) in [6.07, 6.45) is 0.249. The molecule has 1 saturated heterocycles. The summed E-state index contributed by atoms with van der Waals surface area (Å²) in [7, 11) is -0.410. The van der Waals surface area contributed by atoms with Crippen LogP contribution in [0.1, 0.15) is 24.2 Å². The van der Waals surface area contributed by atoms with Gasteiger partial charge in [-0.25, -0.2) is 0 Å². The van der Waals surface area contributed by atoms with E-state index in [1.807, 2.05) is 0 Å². The number of ether oxygens (including phenoxy) is 1. The molecule has 0 radical (unpaired) electrons. The Morgan fingerprint density at radius 1 is 1.40 bits per heavy atom. The van der Waals surface area contributed by atoms with Crippen LogP contribution in [0, 0.1) is 6.92 Å². The van der Waals surface area contributed by atoms with Gasteiger partial charge < -0.3 is 9.16 Å². The van der Waals surface area contributed by atoms with E-state index in [0.29, 0.717) is 0 Å². The topological polar surface area (TPSA) is 18.5 Å². The fourth-order valence-electron chi connectivity index (χ4n) is 1.79. The molecule has 1 aromatic rings. The predicted molar refractivity (Wildman–Crippen MR) is 63.8 cm³/mol. The van der Waals surface area contributed by atoms with Gasteiger partial charge in [-0.3, -0.25) is 0 Å². The smallest absolute Gasteiger partial charge is 0.170 e. The second-order valence-electron chi connectivity index (χ2n) is 4.24. The molecule has 1 fully saturated rings. The van der Waals surface area contributed by atoms with Crippen molar-refractivity contribution in [3.05, 3.63) is 35.4 Å². The molecule has 1 aliphatic heterocycles. The molecule has 0 saturated carbocycles. The van der Waals surface area contributed by atoms with E-state index in [0.717, 1.165) is 18.8 Å². The lowest BCUT2D eigenvalue weighted by Gasteiger charge is -2.27. The van der Waals surface area contributed by atoms with E-state index in [-0.39, 0.29) is 6.10 Å². The molecule has 1 unspecified atom stereocenters. The lowest BCUT2D eigenvalue weighted by molar-refractivity contribution is 0.0286. The lowest BCUT2D eigenvalue weighted by atomic mass is 10.1. The van der Waals surface area contributed by atoms with Crippen molar-refractivity contribution in [1.29, 1.82) is 0 Å². The van der Waals surface area contributed by atoms with E-state index in [1.54, 1.807) is 0 Å². The summed E-state index contributed by atoms with van der Waals surface area (Å²) >= 11 is 0. The first-order chi connectivity index (χ1) is 7.27. The first-order valence-corrected chi connectivity index (χ1v) is 6.91. The number of hydrogen-bond donors (Lipinski definition) is 0. The third-order valence-corrected chi connectivity index (χ3v) is 4.55. The average molecular weight is 222 g/mol. The van der Waals surface area contributed by atoms with Crippen molar-refractivity contribution in [3.63, 3.8) is 0 Å². The Morgan fingerprint density at radius 2 is 2.13 bits per heavy atom. The van der Waals surface area contributed by atoms with E-state index in [4.69, 9.17) is 9.16 Å². The largest absolute Gasteiger partial charge is 0.417 e. The Kier molecular flexibility index (Phi) is 3.56. The molecule has 15 heavy (non-hydrogen) atoms. The quantitative estimate of drug-likeness (QED) is 0.725. The monoisotopic (exact) mass is 222 g/mol. The van der Waals surface area contributed by atoms with Crippen LogP contribution < -0.4 is 0 Å². The maximum Gasteiger partial charge on any atom is 0.170 e. The van der Waals surface area contributed by atoms with Crippen molar-refractivity contribution in [3.8, 4) is 0 Å². The maximum absolute atomic E-state index is 5.97. The standard InChI is InChI=1S/C12H18O2Si/c1-9-5-3-4-6-12(9)10(2)14-15-11-7-13-8-11/h3-6,10-11H,7-8,15H2,1-2H3. The highest BCUT2D eigenvalue weighted by Crippen LogP contribution is 2.23. The van der Waals surface area contributed by atoms with Crippen LogP contribution in [0.2, 0.25) is 5.54 Å². The van der Waals surface area contributed by atoms with Gasteiger partial charge in [-0.2, -0.15) is 0 Å². The molecule has 0 amide bonds. The molecule has 2 rings (SSSR count). The Labute approximate surface area is 93.5 Å². The molecule has 0 aromatic heterocycles. The zero-order valence-electron chi connectivity index (χ0n) is 9.40. The number of benzene rings is 1. The van der Waals surface area contributed by atoms with E-state index in [1.165, 1.54) is 11.1 Å². The van der Waals surface area contributed by atoms with Gasteiger partial charge in [0.2, 0.25) is 0 Å². The molecule has 82 valence electrons. The first-order valence-electron chi connectivity index (χ1n) is 5.52. The van der Waals surface area contributed by atoms with Crippen molar-refractivity contribution in [2.24, 2.45) is 0 Å². The minimum absolute atomic E-state index is 0.249. The minimum Gasteiger partial charge on any atom is -0.417 e. The van der Waals surface area contributed by atoms with E-state index < -0.39 is 9.76 Å². The molecule has 0 aliphatic carbocycles. The summed E-state index contributed by atoms with van der Waals surface area (Å²) in [4.78, 5) is 0. The van der Waals surface area contributed by atoms with Gasteiger partial charge in [0.1, 0.15) is 0 Å². The van der Waals surface area contributed by atoms with Crippen LogP contribution in [0.15, 0.2) is 24.3 Å². The lowest BCUT2D eigenvalue weighted by Crippen LogP contribution is -2.28. The molecule has 0 spiro atoms. The average Bonchev–Trinajstić information content (AvgIpc) is 2.16. The Balaban J connectivity index is 1.89. The minimum atomic E-state index is -0.410. The summed E-state index contributed by atoms with van der Waals surface area (Å²) in [5.74, 6) is 0. The van der Waals surface area contributed by atoms with Crippen molar-refractivity contribution in [2.45, 2.75) is 25.5 Å². The highest BCUT2D eigenvalue weighted by Gasteiger charge is 2.20. The summed E-state index contributed by atoms with van der Waals surface area (Å²) in [5.41, 5.74) is 3.39. The molecule has 2 nitrogen and oxygen atoms in total. The van der Waals surface area contributed by atoms with Gasteiger partial charge >= 0.3 is 0 Å². The molecule has 3 heteroatoms. The molecule has 1 heterocycles. The van der Waals surface area contributed by atoms with Gasteiger partial charge in [-0.05, 0) is 25.0 Å². The Morgan fingerprint density at radius 3 is 2.73 bits per heavy atom. The van der Waals surface area contributed by atoms with Gasteiger partial charge in [-0.1, -0.05) is 24.3 Å². The molecule has 0 bridgehead atoms.